The molecule has 1 rings (SSSR count). The van der Waals surface area contributed by atoms with Crippen LogP contribution in [0.2, 0.25) is 0 Å². The third-order valence-electron chi connectivity index (χ3n) is 2.50. The van der Waals surface area contributed by atoms with Crippen molar-refractivity contribution in [3.8, 4) is 0 Å². The highest BCUT2D eigenvalue weighted by atomic mass is 19.1. The van der Waals surface area contributed by atoms with Gasteiger partial charge in [0.2, 0.25) is 0 Å². The van der Waals surface area contributed by atoms with E-state index in [0.29, 0.717) is 5.56 Å². The highest BCUT2D eigenvalue weighted by molar-refractivity contribution is 5.82. The van der Waals surface area contributed by atoms with Crippen LogP contribution in [0.15, 0.2) is 24.3 Å². The van der Waals surface area contributed by atoms with Crippen molar-refractivity contribution in [2.75, 3.05) is 6.61 Å². The summed E-state index contributed by atoms with van der Waals surface area (Å²) in [6, 6.07) is 3.05. The molecule has 1 aromatic rings. The van der Waals surface area contributed by atoms with Gasteiger partial charge in [-0.3, -0.25) is 0 Å². The predicted octanol–water partition coefficient (Wildman–Crippen LogP) is 0.631. The number of halogens is 1. The number of carbonyl (C=O) groups is 2. The first kappa shape index (κ1) is 14.9. The first-order valence-corrected chi connectivity index (χ1v) is 5.60. The number of hydrogen-bond donors (Lipinski definition) is 4. The molecule has 0 fully saturated rings. The highest BCUT2D eigenvalue weighted by Gasteiger charge is 2.19. The standard InChI is InChI=1S/C12H15FN2O4/c1-7(8-2-4-9(13)5-3-8)14-12(19)15-10(6-16)11(17)18/h2-5,7,10,16H,6H2,1H3,(H,17,18)(H2,14,15,19). The predicted molar refractivity (Wildman–Crippen MR) is 65.0 cm³/mol. The summed E-state index contributed by atoms with van der Waals surface area (Å²) >= 11 is 0. The zero-order valence-corrected chi connectivity index (χ0v) is 10.3. The molecule has 0 aromatic heterocycles. The minimum absolute atomic E-state index is 0.383. The molecule has 2 unspecified atom stereocenters. The number of aliphatic carboxylic acids is 1. The Morgan fingerprint density at radius 1 is 1.26 bits per heavy atom. The van der Waals surface area contributed by atoms with Crippen LogP contribution in [0.1, 0.15) is 18.5 Å². The first-order chi connectivity index (χ1) is 8.93. The molecule has 0 aliphatic carbocycles. The molecule has 0 saturated carbocycles. The van der Waals surface area contributed by atoms with Crippen molar-refractivity contribution in [3.63, 3.8) is 0 Å². The topological polar surface area (TPSA) is 98.7 Å². The van der Waals surface area contributed by atoms with Gasteiger partial charge in [0.15, 0.2) is 6.04 Å². The van der Waals surface area contributed by atoms with E-state index in [-0.39, 0.29) is 5.82 Å². The number of amides is 2. The van der Waals surface area contributed by atoms with Crippen LogP contribution in [0.5, 0.6) is 0 Å². The summed E-state index contributed by atoms with van der Waals surface area (Å²) in [6.07, 6.45) is 0. The number of carbonyl (C=O) groups excluding carboxylic acids is 1. The smallest absolute Gasteiger partial charge is 0.328 e. The van der Waals surface area contributed by atoms with Gasteiger partial charge in [-0.05, 0) is 24.6 Å². The Kier molecular flexibility index (Phi) is 5.25. The van der Waals surface area contributed by atoms with Gasteiger partial charge in [-0.25, -0.2) is 14.0 Å². The molecule has 0 heterocycles. The van der Waals surface area contributed by atoms with Crippen LogP contribution in [0.3, 0.4) is 0 Å². The summed E-state index contributed by atoms with van der Waals surface area (Å²) in [5.41, 5.74) is 0.674. The summed E-state index contributed by atoms with van der Waals surface area (Å²) in [5, 5.41) is 22.0. The van der Waals surface area contributed by atoms with E-state index in [1.54, 1.807) is 6.92 Å². The number of rotatable bonds is 5. The van der Waals surface area contributed by atoms with E-state index >= 15 is 0 Å². The second-order valence-corrected chi connectivity index (χ2v) is 3.96. The average molecular weight is 270 g/mol. The number of nitrogens with one attached hydrogen (secondary N) is 2. The molecule has 2 amide bonds. The van der Waals surface area contributed by atoms with Gasteiger partial charge in [0, 0.05) is 0 Å². The number of benzene rings is 1. The van der Waals surface area contributed by atoms with E-state index in [4.69, 9.17) is 10.2 Å². The lowest BCUT2D eigenvalue weighted by molar-refractivity contribution is -0.140. The molecule has 2 atom stereocenters. The fraction of sp³-hybridized carbons (Fsp3) is 0.333. The van der Waals surface area contributed by atoms with Crippen molar-refractivity contribution < 1.29 is 24.2 Å². The van der Waals surface area contributed by atoms with Gasteiger partial charge >= 0.3 is 12.0 Å². The van der Waals surface area contributed by atoms with Crippen LogP contribution in [0.4, 0.5) is 9.18 Å². The van der Waals surface area contributed by atoms with Gasteiger partial charge in [0.25, 0.3) is 0 Å². The molecule has 6 nitrogen and oxygen atoms in total. The number of urea groups is 1. The Hall–Kier alpha value is -2.15. The van der Waals surface area contributed by atoms with E-state index in [9.17, 15) is 14.0 Å². The van der Waals surface area contributed by atoms with Gasteiger partial charge < -0.3 is 20.8 Å². The molecule has 19 heavy (non-hydrogen) atoms. The summed E-state index contributed by atoms with van der Waals surface area (Å²) in [7, 11) is 0. The van der Waals surface area contributed by atoms with Gasteiger partial charge in [-0.15, -0.1) is 0 Å². The van der Waals surface area contributed by atoms with Crippen molar-refractivity contribution in [1.82, 2.24) is 10.6 Å². The molecule has 4 N–H and O–H groups in total. The van der Waals surface area contributed by atoms with Crippen LogP contribution in [0.25, 0.3) is 0 Å². The van der Waals surface area contributed by atoms with Crippen molar-refractivity contribution in [2.24, 2.45) is 0 Å². The fourth-order valence-corrected chi connectivity index (χ4v) is 1.42. The summed E-state index contributed by atoms with van der Waals surface area (Å²) < 4.78 is 12.7. The lowest BCUT2D eigenvalue weighted by Gasteiger charge is -2.17. The minimum Gasteiger partial charge on any atom is -0.480 e. The zero-order valence-electron chi connectivity index (χ0n) is 10.3. The van der Waals surface area contributed by atoms with Crippen LogP contribution in [-0.2, 0) is 4.79 Å². The van der Waals surface area contributed by atoms with E-state index in [1.807, 2.05) is 0 Å². The molecule has 0 saturated heterocycles. The van der Waals surface area contributed by atoms with E-state index < -0.39 is 30.7 Å². The number of hydrogen-bond acceptors (Lipinski definition) is 3. The maximum absolute atomic E-state index is 12.7. The van der Waals surface area contributed by atoms with Crippen molar-refractivity contribution in [2.45, 2.75) is 19.0 Å². The van der Waals surface area contributed by atoms with Crippen LogP contribution >= 0.6 is 0 Å². The molecule has 0 aliphatic heterocycles. The van der Waals surface area contributed by atoms with E-state index in [1.165, 1.54) is 24.3 Å². The molecule has 0 bridgehead atoms. The van der Waals surface area contributed by atoms with Crippen LogP contribution in [0, 0.1) is 5.82 Å². The van der Waals surface area contributed by atoms with Crippen LogP contribution in [-0.4, -0.2) is 34.9 Å². The fourth-order valence-electron chi connectivity index (χ4n) is 1.42. The van der Waals surface area contributed by atoms with Crippen molar-refractivity contribution in [3.05, 3.63) is 35.6 Å². The monoisotopic (exact) mass is 270 g/mol. The number of aliphatic hydroxyl groups excluding tert-OH is 1. The number of aliphatic hydroxyl groups is 1. The molecule has 0 radical (unpaired) electrons. The summed E-state index contributed by atoms with van der Waals surface area (Å²) in [5.74, 6) is -1.71. The maximum Gasteiger partial charge on any atom is 0.328 e. The van der Waals surface area contributed by atoms with E-state index in [2.05, 4.69) is 10.6 Å². The Morgan fingerprint density at radius 3 is 2.32 bits per heavy atom. The van der Waals surface area contributed by atoms with Gasteiger partial charge in [-0.1, -0.05) is 12.1 Å². The SMILES string of the molecule is CC(NC(=O)NC(CO)C(=O)O)c1ccc(F)cc1. The largest absolute Gasteiger partial charge is 0.480 e. The molecular formula is C12H15FN2O4. The Morgan fingerprint density at radius 2 is 1.84 bits per heavy atom. The zero-order chi connectivity index (χ0) is 14.4. The second kappa shape index (κ2) is 6.69. The number of carboxylic acid groups (broad SMARTS) is 1. The summed E-state index contributed by atoms with van der Waals surface area (Å²) in [4.78, 5) is 22.1. The average Bonchev–Trinajstić information content (AvgIpc) is 2.36. The molecule has 0 spiro atoms. The minimum atomic E-state index is -1.36. The van der Waals surface area contributed by atoms with Gasteiger partial charge in [-0.2, -0.15) is 0 Å². The molecule has 7 heteroatoms. The lowest BCUT2D eigenvalue weighted by Crippen LogP contribution is -2.48. The summed E-state index contributed by atoms with van der Waals surface area (Å²) in [6.45, 7) is 0.967. The van der Waals surface area contributed by atoms with Gasteiger partial charge in [0.05, 0.1) is 12.6 Å². The quantitative estimate of drug-likeness (QED) is 0.630. The van der Waals surface area contributed by atoms with E-state index in [0.717, 1.165) is 0 Å². The molecule has 104 valence electrons. The number of carboxylic acids is 1. The lowest BCUT2D eigenvalue weighted by atomic mass is 10.1. The normalized spacial score (nSPS) is 13.4. The third-order valence-corrected chi connectivity index (χ3v) is 2.50. The van der Waals surface area contributed by atoms with Crippen molar-refractivity contribution >= 4 is 12.0 Å². The molecule has 1 aromatic carbocycles. The highest BCUT2D eigenvalue weighted by Crippen LogP contribution is 2.12. The maximum atomic E-state index is 12.7. The van der Waals surface area contributed by atoms with Crippen LogP contribution < -0.4 is 10.6 Å². The Balaban J connectivity index is 2.56. The third kappa shape index (κ3) is 4.55. The van der Waals surface area contributed by atoms with Crippen molar-refractivity contribution in [1.29, 1.82) is 0 Å². The second-order valence-electron chi connectivity index (χ2n) is 3.96. The Bertz CT molecular complexity index is 450. The molecule has 0 aliphatic rings. The molecular weight excluding hydrogens is 255 g/mol. The Labute approximate surface area is 109 Å². The van der Waals surface area contributed by atoms with Gasteiger partial charge in [0.1, 0.15) is 5.82 Å². The first-order valence-electron chi connectivity index (χ1n) is 5.60.